The van der Waals surface area contributed by atoms with Crippen molar-refractivity contribution in [1.29, 1.82) is 0 Å². The molecule has 18 heavy (non-hydrogen) atoms. The predicted octanol–water partition coefficient (Wildman–Crippen LogP) is 2.76. The topological polar surface area (TPSA) is 58.6 Å². The van der Waals surface area contributed by atoms with E-state index in [1.165, 1.54) is 7.11 Å². The van der Waals surface area contributed by atoms with Crippen LogP contribution in [0.3, 0.4) is 0 Å². The Morgan fingerprint density at radius 2 is 2.17 bits per heavy atom. The summed E-state index contributed by atoms with van der Waals surface area (Å²) in [5.41, 5.74) is 1.50. The molecule has 0 heterocycles. The van der Waals surface area contributed by atoms with E-state index >= 15 is 0 Å². The molecule has 100 valence electrons. The van der Waals surface area contributed by atoms with Gasteiger partial charge in [0.2, 0.25) is 5.91 Å². The number of hydrogen-bond donors (Lipinski definition) is 2. The molecular formula is C13H18ClNO3. The van der Waals surface area contributed by atoms with Gasteiger partial charge in [-0.1, -0.05) is 11.6 Å². The first-order chi connectivity index (χ1) is 8.58. The Kier molecular flexibility index (Phi) is 5.95. The number of carbonyl (C=O) groups excluding carboxylic acids is 1. The van der Waals surface area contributed by atoms with E-state index in [9.17, 15) is 4.79 Å². The van der Waals surface area contributed by atoms with Crippen molar-refractivity contribution in [2.75, 3.05) is 19.0 Å². The zero-order valence-corrected chi connectivity index (χ0v) is 11.4. The van der Waals surface area contributed by atoms with Crippen molar-refractivity contribution < 1.29 is 14.6 Å². The van der Waals surface area contributed by atoms with Crippen LogP contribution >= 0.6 is 11.6 Å². The number of anilines is 1. The zero-order valence-electron chi connectivity index (χ0n) is 10.6. The zero-order chi connectivity index (χ0) is 13.5. The number of ether oxygens (including phenoxy) is 1. The second kappa shape index (κ2) is 7.24. The van der Waals surface area contributed by atoms with Crippen LogP contribution in [0.4, 0.5) is 5.69 Å². The summed E-state index contributed by atoms with van der Waals surface area (Å²) >= 11 is 5.98. The maximum absolute atomic E-state index is 11.7. The highest BCUT2D eigenvalue weighted by Gasteiger charge is 2.10. The first kappa shape index (κ1) is 14.8. The average Bonchev–Trinajstić information content (AvgIpc) is 2.34. The van der Waals surface area contributed by atoms with Gasteiger partial charge in [-0.15, -0.1) is 0 Å². The molecule has 0 aliphatic rings. The summed E-state index contributed by atoms with van der Waals surface area (Å²) in [6.07, 6.45) is 1.67. The molecule has 0 fully saturated rings. The van der Waals surface area contributed by atoms with Gasteiger partial charge in [-0.25, -0.2) is 0 Å². The standard InChI is InChI=1S/C13H18ClNO3/c1-9-7-11(12(18-2)8-10(9)14)15-13(17)5-3-4-6-16/h7-8,16H,3-6H2,1-2H3,(H,15,17). The van der Waals surface area contributed by atoms with Crippen LogP contribution in [-0.4, -0.2) is 24.7 Å². The van der Waals surface area contributed by atoms with Gasteiger partial charge in [0.25, 0.3) is 0 Å². The highest BCUT2D eigenvalue weighted by Crippen LogP contribution is 2.31. The van der Waals surface area contributed by atoms with Crippen molar-refractivity contribution >= 4 is 23.2 Å². The Balaban J connectivity index is 2.71. The largest absolute Gasteiger partial charge is 0.495 e. The number of unbranched alkanes of at least 4 members (excludes halogenated alkanes) is 1. The lowest BCUT2D eigenvalue weighted by Gasteiger charge is -2.12. The molecule has 0 saturated heterocycles. The third kappa shape index (κ3) is 4.20. The van der Waals surface area contributed by atoms with Crippen LogP contribution in [0.15, 0.2) is 12.1 Å². The van der Waals surface area contributed by atoms with Gasteiger partial charge in [-0.3, -0.25) is 4.79 Å². The summed E-state index contributed by atoms with van der Waals surface area (Å²) in [6, 6.07) is 3.46. The quantitative estimate of drug-likeness (QED) is 0.782. The van der Waals surface area contributed by atoms with E-state index in [1.54, 1.807) is 12.1 Å². The SMILES string of the molecule is COc1cc(Cl)c(C)cc1NC(=O)CCCCO. The summed E-state index contributed by atoms with van der Waals surface area (Å²) < 4.78 is 5.17. The van der Waals surface area contributed by atoms with Gasteiger partial charge in [-0.05, 0) is 31.4 Å². The van der Waals surface area contributed by atoms with Crippen LogP contribution in [0.2, 0.25) is 5.02 Å². The Labute approximate surface area is 112 Å². The van der Waals surface area contributed by atoms with Gasteiger partial charge in [0.15, 0.2) is 0 Å². The molecule has 0 aromatic heterocycles. The van der Waals surface area contributed by atoms with E-state index in [0.29, 0.717) is 35.7 Å². The van der Waals surface area contributed by atoms with E-state index in [0.717, 1.165) is 5.56 Å². The fourth-order valence-electron chi connectivity index (χ4n) is 1.54. The molecular weight excluding hydrogens is 254 g/mol. The Bertz CT molecular complexity index is 421. The molecule has 0 spiro atoms. The number of halogens is 1. The lowest BCUT2D eigenvalue weighted by atomic mass is 10.2. The molecule has 0 aliphatic heterocycles. The van der Waals surface area contributed by atoms with Gasteiger partial charge in [0.1, 0.15) is 5.75 Å². The van der Waals surface area contributed by atoms with Gasteiger partial charge >= 0.3 is 0 Å². The highest BCUT2D eigenvalue weighted by atomic mass is 35.5. The molecule has 1 aromatic rings. The number of aliphatic hydroxyl groups excluding tert-OH is 1. The molecule has 0 radical (unpaired) electrons. The molecule has 0 saturated carbocycles. The summed E-state index contributed by atoms with van der Waals surface area (Å²) in [6.45, 7) is 1.97. The molecule has 1 rings (SSSR count). The summed E-state index contributed by atoms with van der Waals surface area (Å²) in [5, 5.41) is 12.0. The van der Waals surface area contributed by atoms with Crippen LogP contribution in [-0.2, 0) is 4.79 Å². The van der Waals surface area contributed by atoms with Crippen molar-refractivity contribution in [2.24, 2.45) is 0 Å². The minimum Gasteiger partial charge on any atom is -0.495 e. The van der Waals surface area contributed by atoms with Crippen LogP contribution in [0.1, 0.15) is 24.8 Å². The fraction of sp³-hybridized carbons (Fsp3) is 0.462. The minimum absolute atomic E-state index is 0.0940. The molecule has 0 bridgehead atoms. The fourth-order valence-corrected chi connectivity index (χ4v) is 1.69. The number of nitrogens with one attached hydrogen (secondary N) is 1. The highest BCUT2D eigenvalue weighted by molar-refractivity contribution is 6.31. The second-order valence-electron chi connectivity index (χ2n) is 4.03. The van der Waals surface area contributed by atoms with Crippen molar-refractivity contribution in [3.63, 3.8) is 0 Å². The third-order valence-corrected chi connectivity index (χ3v) is 2.97. The monoisotopic (exact) mass is 271 g/mol. The second-order valence-corrected chi connectivity index (χ2v) is 4.44. The molecule has 0 unspecified atom stereocenters. The number of hydrogen-bond acceptors (Lipinski definition) is 3. The normalized spacial score (nSPS) is 10.2. The lowest BCUT2D eigenvalue weighted by molar-refractivity contribution is -0.116. The smallest absolute Gasteiger partial charge is 0.224 e. The van der Waals surface area contributed by atoms with Gasteiger partial charge in [0, 0.05) is 24.1 Å². The molecule has 0 aliphatic carbocycles. The number of aryl methyl sites for hydroxylation is 1. The maximum atomic E-state index is 11.7. The van der Waals surface area contributed by atoms with Crippen molar-refractivity contribution in [2.45, 2.75) is 26.2 Å². The van der Waals surface area contributed by atoms with Gasteiger partial charge in [-0.2, -0.15) is 0 Å². The van der Waals surface area contributed by atoms with Crippen LogP contribution in [0.25, 0.3) is 0 Å². The van der Waals surface area contributed by atoms with Crippen molar-refractivity contribution in [3.8, 4) is 5.75 Å². The van der Waals surface area contributed by atoms with E-state index < -0.39 is 0 Å². The van der Waals surface area contributed by atoms with Gasteiger partial charge in [0.05, 0.1) is 12.8 Å². The van der Waals surface area contributed by atoms with Gasteiger partial charge < -0.3 is 15.2 Å². The molecule has 4 nitrogen and oxygen atoms in total. The maximum Gasteiger partial charge on any atom is 0.224 e. The van der Waals surface area contributed by atoms with Crippen LogP contribution < -0.4 is 10.1 Å². The Hall–Kier alpha value is -1.26. The van der Waals surface area contributed by atoms with E-state index in [1.807, 2.05) is 6.92 Å². The molecule has 1 amide bonds. The van der Waals surface area contributed by atoms with Crippen molar-refractivity contribution in [1.82, 2.24) is 0 Å². The summed E-state index contributed by atoms with van der Waals surface area (Å²) in [5.74, 6) is 0.449. The molecule has 5 heteroatoms. The van der Waals surface area contributed by atoms with E-state index in [2.05, 4.69) is 5.32 Å². The lowest BCUT2D eigenvalue weighted by Crippen LogP contribution is -2.12. The number of methoxy groups -OCH3 is 1. The predicted molar refractivity (Wildman–Crippen MR) is 72.3 cm³/mol. The van der Waals surface area contributed by atoms with Crippen molar-refractivity contribution in [3.05, 3.63) is 22.7 Å². The Morgan fingerprint density at radius 3 is 2.78 bits per heavy atom. The number of amides is 1. The minimum atomic E-state index is -0.0940. The first-order valence-corrected chi connectivity index (χ1v) is 6.21. The number of aliphatic hydroxyl groups is 1. The van der Waals surface area contributed by atoms with Crippen LogP contribution in [0, 0.1) is 6.92 Å². The van der Waals surface area contributed by atoms with E-state index in [4.69, 9.17) is 21.4 Å². The third-order valence-electron chi connectivity index (χ3n) is 2.57. The molecule has 2 N–H and O–H groups in total. The summed E-state index contributed by atoms with van der Waals surface area (Å²) in [7, 11) is 1.53. The number of carbonyl (C=O) groups is 1. The molecule has 0 atom stereocenters. The summed E-state index contributed by atoms with van der Waals surface area (Å²) in [4.78, 5) is 11.7. The number of rotatable bonds is 6. The van der Waals surface area contributed by atoms with Crippen LogP contribution in [0.5, 0.6) is 5.75 Å². The first-order valence-electron chi connectivity index (χ1n) is 5.83. The Morgan fingerprint density at radius 1 is 1.44 bits per heavy atom. The molecule has 1 aromatic carbocycles. The van der Waals surface area contributed by atoms with E-state index in [-0.39, 0.29) is 12.5 Å². The average molecular weight is 272 g/mol. The number of benzene rings is 1.